The van der Waals surface area contributed by atoms with Gasteiger partial charge in [0.25, 0.3) is 0 Å². The molecule has 0 aliphatic carbocycles. The van der Waals surface area contributed by atoms with E-state index < -0.39 is 0 Å². The third kappa shape index (κ3) is 4.10. The first-order chi connectivity index (χ1) is 12.6. The average Bonchev–Trinajstić information content (AvgIpc) is 3.07. The van der Waals surface area contributed by atoms with Gasteiger partial charge in [0.05, 0.1) is 19.2 Å². The second-order valence-corrected chi connectivity index (χ2v) is 7.32. The molecule has 1 saturated heterocycles. The van der Waals surface area contributed by atoms with Gasteiger partial charge in [0, 0.05) is 11.8 Å². The maximum absolute atomic E-state index is 13.0. The van der Waals surface area contributed by atoms with Crippen LogP contribution in [0.3, 0.4) is 0 Å². The van der Waals surface area contributed by atoms with Crippen LogP contribution in [-0.2, 0) is 11.2 Å². The van der Waals surface area contributed by atoms with Crippen molar-refractivity contribution in [3.63, 3.8) is 0 Å². The summed E-state index contributed by atoms with van der Waals surface area (Å²) >= 11 is 1.65. The van der Waals surface area contributed by atoms with Gasteiger partial charge in [-0.25, -0.2) is 4.99 Å². The molecule has 1 aliphatic heterocycles. The van der Waals surface area contributed by atoms with E-state index in [0.717, 1.165) is 39.9 Å². The van der Waals surface area contributed by atoms with Crippen molar-refractivity contribution in [2.24, 2.45) is 4.99 Å². The smallest absolute Gasteiger partial charge is 0.233 e. The summed E-state index contributed by atoms with van der Waals surface area (Å²) < 4.78 is 5.19. The molecular weight excluding hydrogens is 344 g/mol. The molecule has 1 amide bonds. The minimum absolute atomic E-state index is 0.114. The van der Waals surface area contributed by atoms with Crippen molar-refractivity contribution >= 4 is 28.5 Å². The van der Waals surface area contributed by atoms with Gasteiger partial charge in [0.1, 0.15) is 5.75 Å². The highest BCUT2D eigenvalue weighted by Crippen LogP contribution is 2.30. The van der Waals surface area contributed by atoms with Crippen LogP contribution in [0.25, 0.3) is 0 Å². The highest BCUT2D eigenvalue weighted by Gasteiger charge is 2.34. The van der Waals surface area contributed by atoms with Crippen molar-refractivity contribution in [2.75, 3.05) is 12.9 Å². The highest BCUT2D eigenvalue weighted by molar-refractivity contribution is 8.14. The maximum Gasteiger partial charge on any atom is 0.233 e. The summed E-state index contributed by atoms with van der Waals surface area (Å²) in [6.45, 7) is 4.17. The second-order valence-electron chi connectivity index (χ2n) is 6.33. The van der Waals surface area contributed by atoms with Gasteiger partial charge in [-0.2, -0.15) is 0 Å². The molecule has 1 heterocycles. The normalized spacial score (nSPS) is 18.3. The predicted octanol–water partition coefficient (Wildman–Crippen LogP) is 4.59. The fourth-order valence-electron chi connectivity index (χ4n) is 2.99. The lowest BCUT2D eigenvalue weighted by atomic mass is 10.0. The number of benzene rings is 2. The number of methoxy groups -OCH3 is 1. The molecule has 2 aromatic carbocycles. The number of carbonyl (C=O) groups excluding carboxylic acids is 1. The molecule has 1 fully saturated rings. The Hall–Kier alpha value is -2.27. The van der Waals surface area contributed by atoms with Gasteiger partial charge in [-0.1, -0.05) is 43.0 Å². The van der Waals surface area contributed by atoms with Crippen molar-refractivity contribution in [2.45, 2.75) is 32.7 Å². The molecule has 136 valence electrons. The van der Waals surface area contributed by atoms with Gasteiger partial charge in [0.2, 0.25) is 5.91 Å². The zero-order valence-electron chi connectivity index (χ0n) is 15.4. The summed E-state index contributed by atoms with van der Waals surface area (Å²) in [6, 6.07) is 15.9. The summed E-state index contributed by atoms with van der Waals surface area (Å²) in [5.74, 6) is 1.81. The lowest BCUT2D eigenvalue weighted by molar-refractivity contribution is -0.127. The molecular formula is C21H24N2O2S. The highest BCUT2D eigenvalue weighted by atomic mass is 32.2. The van der Waals surface area contributed by atoms with E-state index in [9.17, 15) is 4.79 Å². The number of thioether (sulfide) groups is 1. The van der Waals surface area contributed by atoms with Gasteiger partial charge < -0.3 is 4.74 Å². The van der Waals surface area contributed by atoms with Crippen LogP contribution in [0.15, 0.2) is 53.5 Å². The Bertz CT molecular complexity index is 802. The molecule has 26 heavy (non-hydrogen) atoms. The standard InChI is InChI=1S/C21H24N2O2S/c1-4-18-14-26-21(22-17-9-11-19(25-3)12-10-17)23(18)20(24)13-16-8-6-5-7-15(16)2/h5-12,18H,4,13-14H2,1-3H3. The second kappa shape index (κ2) is 8.41. The Balaban J connectivity index is 1.84. The molecule has 4 nitrogen and oxygen atoms in total. The summed E-state index contributed by atoms with van der Waals surface area (Å²) in [7, 11) is 1.64. The van der Waals surface area contributed by atoms with Crippen LogP contribution in [0.1, 0.15) is 24.5 Å². The molecule has 0 radical (unpaired) electrons. The minimum Gasteiger partial charge on any atom is -0.497 e. The summed E-state index contributed by atoms with van der Waals surface area (Å²) in [5, 5.41) is 0.792. The first-order valence-corrected chi connectivity index (χ1v) is 9.83. The molecule has 5 heteroatoms. The average molecular weight is 369 g/mol. The van der Waals surface area contributed by atoms with Crippen molar-refractivity contribution in [1.29, 1.82) is 0 Å². The van der Waals surface area contributed by atoms with E-state index >= 15 is 0 Å². The van der Waals surface area contributed by atoms with Gasteiger partial charge in [-0.05, 0) is 48.7 Å². The zero-order valence-corrected chi connectivity index (χ0v) is 16.3. The van der Waals surface area contributed by atoms with Crippen molar-refractivity contribution < 1.29 is 9.53 Å². The Labute approximate surface area is 159 Å². The third-order valence-electron chi connectivity index (χ3n) is 4.62. The number of amidine groups is 1. The fourth-order valence-corrected chi connectivity index (χ4v) is 4.28. The Morgan fingerprint density at radius 1 is 1.23 bits per heavy atom. The number of hydrogen-bond donors (Lipinski definition) is 0. The molecule has 1 aliphatic rings. The lowest BCUT2D eigenvalue weighted by Gasteiger charge is -2.23. The Kier molecular flexibility index (Phi) is 5.99. The lowest BCUT2D eigenvalue weighted by Crippen LogP contribution is -2.40. The van der Waals surface area contributed by atoms with Crippen LogP contribution in [0, 0.1) is 6.92 Å². The number of aliphatic imine (C=N–C) groups is 1. The van der Waals surface area contributed by atoms with E-state index in [1.54, 1.807) is 18.9 Å². The van der Waals surface area contributed by atoms with E-state index in [4.69, 9.17) is 9.73 Å². The molecule has 0 N–H and O–H groups in total. The zero-order chi connectivity index (χ0) is 18.5. The molecule has 0 bridgehead atoms. The maximum atomic E-state index is 13.0. The molecule has 2 aromatic rings. The van der Waals surface area contributed by atoms with Crippen molar-refractivity contribution in [3.8, 4) is 5.75 Å². The summed E-state index contributed by atoms with van der Waals surface area (Å²) in [5.41, 5.74) is 3.06. The van der Waals surface area contributed by atoms with Crippen molar-refractivity contribution in [3.05, 3.63) is 59.7 Å². The number of rotatable bonds is 5. The van der Waals surface area contributed by atoms with Crippen LogP contribution in [-0.4, -0.2) is 34.9 Å². The fraction of sp³-hybridized carbons (Fsp3) is 0.333. The molecule has 1 atom stereocenters. The van der Waals surface area contributed by atoms with E-state index in [1.165, 1.54) is 0 Å². The van der Waals surface area contributed by atoms with Gasteiger partial charge in [0.15, 0.2) is 5.17 Å². The molecule has 3 rings (SSSR count). The first kappa shape index (κ1) is 18.5. The Morgan fingerprint density at radius 3 is 2.62 bits per heavy atom. The van der Waals surface area contributed by atoms with E-state index in [1.807, 2.05) is 60.4 Å². The molecule has 0 saturated carbocycles. The van der Waals surface area contributed by atoms with Crippen molar-refractivity contribution in [1.82, 2.24) is 4.90 Å². The number of carbonyl (C=O) groups is 1. The Morgan fingerprint density at radius 2 is 1.96 bits per heavy atom. The third-order valence-corrected chi connectivity index (χ3v) is 5.71. The molecule has 1 unspecified atom stereocenters. The van der Waals surface area contributed by atoms with Gasteiger partial charge >= 0.3 is 0 Å². The van der Waals surface area contributed by atoms with Crippen LogP contribution in [0.5, 0.6) is 5.75 Å². The van der Waals surface area contributed by atoms with E-state index in [0.29, 0.717) is 6.42 Å². The number of nitrogens with zero attached hydrogens (tertiary/aromatic N) is 2. The minimum atomic E-state index is 0.114. The number of aryl methyl sites for hydroxylation is 1. The van der Waals surface area contributed by atoms with Crippen LogP contribution < -0.4 is 4.74 Å². The monoisotopic (exact) mass is 368 g/mol. The molecule has 0 aromatic heterocycles. The van der Waals surface area contributed by atoms with Gasteiger partial charge in [-0.15, -0.1) is 0 Å². The largest absolute Gasteiger partial charge is 0.497 e. The number of amides is 1. The number of ether oxygens (including phenoxy) is 1. The number of hydrogen-bond acceptors (Lipinski definition) is 4. The van der Waals surface area contributed by atoms with Crippen LogP contribution >= 0.6 is 11.8 Å². The van der Waals surface area contributed by atoms with E-state index in [2.05, 4.69) is 6.92 Å². The van der Waals surface area contributed by atoms with Gasteiger partial charge in [-0.3, -0.25) is 9.69 Å². The van der Waals surface area contributed by atoms with Crippen LogP contribution in [0.4, 0.5) is 5.69 Å². The quantitative estimate of drug-likeness (QED) is 0.775. The summed E-state index contributed by atoms with van der Waals surface area (Å²) in [4.78, 5) is 19.7. The van der Waals surface area contributed by atoms with E-state index in [-0.39, 0.29) is 11.9 Å². The molecule has 0 spiro atoms. The van der Waals surface area contributed by atoms with Crippen LogP contribution in [0.2, 0.25) is 0 Å². The SMILES string of the molecule is CCC1CSC(=Nc2ccc(OC)cc2)N1C(=O)Cc1ccccc1C. The predicted molar refractivity (Wildman–Crippen MR) is 108 cm³/mol. The topological polar surface area (TPSA) is 41.9 Å². The summed E-state index contributed by atoms with van der Waals surface area (Å²) in [6.07, 6.45) is 1.33. The first-order valence-electron chi connectivity index (χ1n) is 8.84.